The van der Waals surface area contributed by atoms with Crippen LogP contribution in [0.3, 0.4) is 0 Å². The Labute approximate surface area is 189 Å². The average Bonchev–Trinajstić information content (AvgIpc) is 3.03. The number of rotatable bonds is 8. The smallest absolute Gasteiger partial charge is 0.344 e. The first-order valence-electron chi connectivity index (χ1n) is 9.96. The van der Waals surface area contributed by atoms with E-state index in [0.717, 1.165) is 10.5 Å². The number of methoxy groups -OCH3 is 1. The molecule has 3 rings (SSSR count). The van der Waals surface area contributed by atoms with Crippen molar-refractivity contribution in [3.05, 3.63) is 59.3 Å². The number of benzene rings is 2. The second-order valence-corrected chi connectivity index (χ2v) is 7.30. The van der Waals surface area contributed by atoms with Gasteiger partial charge in [0.05, 0.1) is 7.11 Å². The Morgan fingerprint density at radius 2 is 1.85 bits per heavy atom. The predicted octanol–water partition coefficient (Wildman–Crippen LogP) is 2.39. The zero-order valence-electron chi connectivity index (χ0n) is 18.2. The molecule has 1 heterocycles. The number of urea groups is 1. The van der Waals surface area contributed by atoms with Gasteiger partial charge in [-0.1, -0.05) is 23.8 Å². The van der Waals surface area contributed by atoms with E-state index in [0.29, 0.717) is 11.3 Å². The summed E-state index contributed by atoms with van der Waals surface area (Å²) in [7, 11) is 1.39. The van der Waals surface area contributed by atoms with E-state index in [1.165, 1.54) is 32.2 Å². The Balaban J connectivity index is 1.71. The molecule has 1 unspecified atom stereocenters. The molecule has 10 nitrogen and oxygen atoms in total. The van der Waals surface area contributed by atoms with E-state index < -0.39 is 36.5 Å². The van der Waals surface area contributed by atoms with Gasteiger partial charge in [-0.3, -0.25) is 9.59 Å². The molecule has 33 heavy (non-hydrogen) atoms. The molecule has 0 bridgehead atoms. The van der Waals surface area contributed by atoms with Gasteiger partial charge in [0.2, 0.25) is 5.91 Å². The third-order valence-electron chi connectivity index (χ3n) is 4.75. The molecule has 10 heteroatoms. The number of ether oxygens (including phenoxy) is 2. The number of carbonyl (C=O) groups excluding carboxylic acids is 3. The van der Waals surface area contributed by atoms with Gasteiger partial charge >= 0.3 is 12.0 Å². The maximum Gasteiger partial charge on any atom is 0.344 e. The molecule has 0 aromatic heterocycles. The monoisotopic (exact) mass is 453 g/mol. The molecule has 1 aliphatic heterocycles. The molecule has 2 aromatic carbocycles. The van der Waals surface area contributed by atoms with E-state index in [1.807, 2.05) is 19.1 Å². The summed E-state index contributed by atoms with van der Waals surface area (Å²) >= 11 is 0. The van der Waals surface area contributed by atoms with Crippen LogP contribution in [0.5, 0.6) is 11.5 Å². The lowest BCUT2D eigenvalue weighted by molar-refractivity contribution is -0.144. The third kappa shape index (κ3) is 5.67. The summed E-state index contributed by atoms with van der Waals surface area (Å²) in [6, 6.07) is 11.0. The van der Waals surface area contributed by atoms with Gasteiger partial charge in [-0.15, -0.1) is 0 Å². The third-order valence-corrected chi connectivity index (χ3v) is 4.75. The predicted molar refractivity (Wildman–Crippen MR) is 119 cm³/mol. The number of nitrogens with zero attached hydrogens (tertiary/aromatic N) is 1. The van der Waals surface area contributed by atoms with Gasteiger partial charge < -0.3 is 25.2 Å². The van der Waals surface area contributed by atoms with Gasteiger partial charge in [-0.25, -0.2) is 14.5 Å². The fourth-order valence-electron chi connectivity index (χ4n) is 2.98. The maximum atomic E-state index is 12.7. The highest BCUT2D eigenvalue weighted by atomic mass is 16.5. The minimum atomic E-state index is -1.13. The summed E-state index contributed by atoms with van der Waals surface area (Å²) in [5.41, 5.74) is 2.07. The van der Waals surface area contributed by atoms with Gasteiger partial charge in [0, 0.05) is 5.69 Å². The molecule has 1 atom stereocenters. The highest BCUT2D eigenvalue weighted by Gasteiger charge is 2.35. The first-order chi connectivity index (χ1) is 15.7. The topological polar surface area (TPSA) is 134 Å². The van der Waals surface area contributed by atoms with E-state index in [-0.39, 0.29) is 17.2 Å². The van der Waals surface area contributed by atoms with Crippen molar-refractivity contribution in [3.8, 4) is 11.5 Å². The number of amides is 4. The van der Waals surface area contributed by atoms with Crippen LogP contribution in [0.25, 0.3) is 6.08 Å². The van der Waals surface area contributed by atoms with Crippen LogP contribution in [0.15, 0.2) is 48.2 Å². The molecular weight excluding hydrogens is 430 g/mol. The molecule has 0 aliphatic carbocycles. The fraction of sp³-hybridized carbons (Fsp3) is 0.217. The van der Waals surface area contributed by atoms with E-state index in [9.17, 15) is 19.2 Å². The van der Waals surface area contributed by atoms with Gasteiger partial charge in [-0.05, 0) is 49.8 Å². The number of carboxylic acid groups (broad SMARTS) is 1. The van der Waals surface area contributed by atoms with Crippen LogP contribution in [0.4, 0.5) is 10.5 Å². The maximum absolute atomic E-state index is 12.7. The fourth-order valence-corrected chi connectivity index (χ4v) is 2.98. The molecule has 4 amide bonds. The molecule has 2 aromatic rings. The lowest BCUT2D eigenvalue weighted by Gasteiger charge is -2.14. The van der Waals surface area contributed by atoms with Crippen LogP contribution in [-0.2, 0) is 14.4 Å². The molecule has 1 fully saturated rings. The molecule has 1 saturated heterocycles. The minimum absolute atomic E-state index is 0.0160. The highest BCUT2D eigenvalue weighted by Crippen LogP contribution is 2.30. The van der Waals surface area contributed by atoms with Gasteiger partial charge in [0.1, 0.15) is 12.2 Å². The van der Waals surface area contributed by atoms with E-state index >= 15 is 0 Å². The van der Waals surface area contributed by atoms with Crippen LogP contribution in [0.1, 0.15) is 18.1 Å². The van der Waals surface area contributed by atoms with Crippen molar-refractivity contribution in [1.82, 2.24) is 10.2 Å². The van der Waals surface area contributed by atoms with Crippen LogP contribution >= 0.6 is 0 Å². The summed E-state index contributed by atoms with van der Waals surface area (Å²) in [6.45, 7) is 2.85. The quantitative estimate of drug-likeness (QED) is 0.413. The number of carbonyl (C=O) groups is 4. The number of hydrogen-bond acceptors (Lipinski definition) is 6. The molecular formula is C23H23N3O7. The molecule has 0 spiro atoms. The summed E-state index contributed by atoms with van der Waals surface area (Å²) in [5, 5.41) is 14.1. The summed E-state index contributed by atoms with van der Waals surface area (Å²) in [6.07, 6.45) is 0.337. The zero-order chi connectivity index (χ0) is 24.1. The number of anilines is 1. The Morgan fingerprint density at radius 1 is 1.15 bits per heavy atom. The lowest BCUT2D eigenvalue weighted by Crippen LogP contribution is -2.38. The van der Waals surface area contributed by atoms with Crippen LogP contribution < -0.4 is 20.1 Å². The van der Waals surface area contributed by atoms with Crippen molar-refractivity contribution in [2.75, 3.05) is 19.0 Å². The van der Waals surface area contributed by atoms with Crippen molar-refractivity contribution in [2.45, 2.75) is 20.0 Å². The summed E-state index contributed by atoms with van der Waals surface area (Å²) in [5.74, 6) is -1.83. The second-order valence-electron chi connectivity index (χ2n) is 7.30. The standard InChI is InChI=1S/C23H23N3O7/c1-13-4-7-16(8-5-13)24-20(27)12-26-21(28)17(25-23(26)31)10-15-6-9-18(19(11-15)32-3)33-14(2)22(29)30/h4-11,14H,12H2,1-3H3,(H,24,27)(H,25,31)(H,29,30)/b17-10+. The number of imide groups is 1. The van der Waals surface area contributed by atoms with E-state index in [1.54, 1.807) is 18.2 Å². The minimum Gasteiger partial charge on any atom is -0.493 e. The molecule has 0 saturated carbocycles. The SMILES string of the molecule is COc1cc(/C=C2/NC(=O)N(CC(=O)Nc3ccc(C)cc3)C2=O)ccc1OC(C)C(=O)O. The van der Waals surface area contributed by atoms with Gasteiger partial charge in [0.25, 0.3) is 5.91 Å². The zero-order valence-corrected chi connectivity index (χ0v) is 18.2. The van der Waals surface area contributed by atoms with Gasteiger partial charge in [0.15, 0.2) is 17.6 Å². The Bertz CT molecular complexity index is 1130. The van der Waals surface area contributed by atoms with Crippen LogP contribution in [-0.4, -0.2) is 53.6 Å². The largest absolute Gasteiger partial charge is 0.493 e. The van der Waals surface area contributed by atoms with E-state index in [4.69, 9.17) is 14.6 Å². The number of aliphatic carboxylic acids is 1. The first-order valence-corrected chi connectivity index (χ1v) is 9.96. The van der Waals surface area contributed by atoms with Crippen LogP contribution in [0.2, 0.25) is 0 Å². The molecule has 1 aliphatic rings. The average molecular weight is 453 g/mol. The molecule has 0 radical (unpaired) electrons. The Kier molecular flexibility index (Phi) is 6.97. The van der Waals surface area contributed by atoms with Crippen molar-refractivity contribution in [2.24, 2.45) is 0 Å². The number of carboxylic acids is 1. The summed E-state index contributed by atoms with van der Waals surface area (Å²) < 4.78 is 10.6. The van der Waals surface area contributed by atoms with Crippen molar-refractivity contribution >= 4 is 35.6 Å². The Hall–Kier alpha value is -4.34. The summed E-state index contributed by atoms with van der Waals surface area (Å²) in [4.78, 5) is 49.0. The highest BCUT2D eigenvalue weighted by molar-refractivity contribution is 6.16. The normalized spacial score (nSPS) is 15.2. The Morgan fingerprint density at radius 3 is 2.48 bits per heavy atom. The number of hydrogen-bond donors (Lipinski definition) is 3. The molecule has 172 valence electrons. The second kappa shape index (κ2) is 9.86. The van der Waals surface area contributed by atoms with Crippen molar-refractivity contribution in [1.29, 1.82) is 0 Å². The number of aryl methyl sites for hydroxylation is 1. The van der Waals surface area contributed by atoms with Gasteiger partial charge in [-0.2, -0.15) is 0 Å². The first kappa shape index (κ1) is 23.3. The van der Waals surface area contributed by atoms with Crippen molar-refractivity contribution in [3.63, 3.8) is 0 Å². The van der Waals surface area contributed by atoms with Crippen molar-refractivity contribution < 1.29 is 33.8 Å². The molecule has 3 N–H and O–H groups in total. The van der Waals surface area contributed by atoms with Crippen LogP contribution in [0, 0.1) is 6.92 Å². The lowest BCUT2D eigenvalue weighted by atomic mass is 10.1. The number of nitrogens with one attached hydrogen (secondary N) is 2. The van der Waals surface area contributed by atoms with E-state index in [2.05, 4.69) is 10.6 Å².